The Hall–Kier alpha value is -3.92. The fraction of sp³-hybridized carbons (Fsp3) is 0.143. The zero-order valence-corrected chi connectivity index (χ0v) is 17.4. The molecule has 4 aromatic carbocycles. The molecule has 4 nitrogen and oxygen atoms in total. The van der Waals surface area contributed by atoms with Crippen LogP contribution in [0.25, 0.3) is 21.9 Å². The molecule has 1 aliphatic rings. The molecule has 1 aliphatic carbocycles. The Morgan fingerprint density at radius 3 is 2.03 bits per heavy atom. The van der Waals surface area contributed by atoms with Crippen LogP contribution >= 0.6 is 0 Å². The van der Waals surface area contributed by atoms with Crippen LogP contribution < -0.4 is 0 Å². The summed E-state index contributed by atoms with van der Waals surface area (Å²) in [5, 5.41) is 11.8. The number of fused-ring (bicyclic) bond motifs is 4. The fourth-order valence-electron chi connectivity index (χ4n) is 4.61. The number of hydrogen-bond donors (Lipinski definition) is 1. The number of benzene rings is 4. The van der Waals surface area contributed by atoms with Gasteiger partial charge in [0, 0.05) is 12.3 Å². The van der Waals surface area contributed by atoms with Gasteiger partial charge >= 0.3 is 11.9 Å². The van der Waals surface area contributed by atoms with Gasteiger partial charge < -0.3 is 9.84 Å². The minimum Gasteiger partial charge on any atom is -0.478 e. The molecule has 0 aromatic heterocycles. The summed E-state index contributed by atoms with van der Waals surface area (Å²) in [6.07, 6.45) is -0.991. The van der Waals surface area contributed by atoms with Crippen molar-refractivity contribution in [2.75, 3.05) is 0 Å². The Kier molecular flexibility index (Phi) is 5.20. The Labute approximate surface area is 186 Å². The fourth-order valence-corrected chi connectivity index (χ4v) is 4.61. The van der Waals surface area contributed by atoms with Gasteiger partial charge in [0.25, 0.3) is 0 Å². The summed E-state index contributed by atoms with van der Waals surface area (Å²) < 4.78 is 5.48. The normalized spacial score (nSPS) is 13.4. The first-order chi connectivity index (χ1) is 15.6. The van der Waals surface area contributed by atoms with E-state index in [1.807, 2.05) is 78.9 Å². The van der Waals surface area contributed by atoms with E-state index in [0.717, 1.165) is 38.6 Å². The zero-order chi connectivity index (χ0) is 22.1. The third kappa shape index (κ3) is 3.76. The van der Waals surface area contributed by atoms with Gasteiger partial charge in [-0.3, -0.25) is 4.79 Å². The molecule has 0 unspecified atom stereocenters. The smallest absolute Gasteiger partial charge is 0.345 e. The Morgan fingerprint density at radius 2 is 1.38 bits per heavy atom. The third-order valence-corrected chi connectivity index (χ3v) is 6.12. The zero-order valence-electron chi connectivity index (χ0n) is 17.4. The van der Waals surface area contributed by atoms with E-state index in [0.29, 0.717) is 0 Å². The molecule has 1 atom stereocenters. The number of esters is 1. The van der Waals surface area contributed by atoms with Crippen LogP contribution in [0.2, 0.25) is 0 Å². The summed E-state index contributed by atoms with van der Waals surface area (Å²) in [5.74, 6) is -1.78. The maximum atomic E-state index is 12.9. The Balaban J connectivity index is 1.34. The summed E-state index contributed by atoms with van der Waals surface area (Å²) in [7, 11) is 0. The lowest BCUT2D eigenvalue weighted by Gasteiger charge is -2.17. The van der Waals surface area contributed by atoms with E-state index in [1.54, 1.807) is 0 Å². The van der Waals surface area contributed by atoms with Gasteiger partial charge in [-0.15, -0.1) is 0 Å². The first-order valence-electron chi connectivity index (χ1n) is 10.7. The summed E-state index contributed by atoms with van der Waals surface area (Å²) >= 11 is 0. The standard InChI is InChI=1S/C28H22O4/c29-27(17-25-23-11-5-3-9-21(23)22-10-4-6-12-24(22)25)32-26(28(30)31)16-18-13-14-19-7-1-2-8-20(19)15-18/h1-15,25-26H,16-17H2,(H,30,31)/t26-/m1/s1. The SMILES string of the molecule is O=C(CC1c2ccccc2-c2ccccc21)O[C@H](Cc1ccc2ccccc2c1)C(=O)O. The van der Waals surface area contributed by atoms with Crippen molar-refractivity contribution in [1.82, 2.24) is 0 Å². The molecule has 0 amide bonds. The summed E-state index contributed by atoms with van der Waals surface area (Å²) in [6, 6.07) is 29.7. The molecule has 4 aromatic rings. The molecule has 0 aliphatic heterocycles. The molecular weight excluding hydrogens is 400 g/mol. The van der Waals surface area contributed by atoms with Gasteiger partial charge in [0.1, 0.15) is 0 Å². The van der Waals surface area contributed by atoms with E-state index in [2.05, 4.69) is 12.1 Å². The van der Waals surface area contributed by atoms with Gasteiger partial charge in [0.05, 0.1) is 6.42 Å². The molecule has 0 heterocycles. The highest BCUT2D eigenvalue weighted by molar-refractivity contribution is 5.85. The molecule has 0 fully saturated rings. The van der Waals surface area contributed by atoms with Crippen molar-refractivity contribution in [2.24, 2.45) is 0 Å². The molecule has 0 saturated carbocycles. The number of rotatable bonds is 6. The highest BCUT2D eigenvalue weighted by atomic mass is 16.6. The van der Waals surface area contributed by atoms with Gasteiger partial charge in [0.2, 0.25) is 6.10 Å². The number of carboxylic acid groups (broad SMARTS) is 1. The predicted molar refractivity (Wildman–Crippen MR) is 124 cm³/mol. The minimum atomic E-state index is -1.23. The average molecular weight is 422 g/mol. The van der Waals surface area contributed by atoms with Crippen molar-refractivity contribution in [3.05, 3.63) is 108 Å². The summed E-state index contributed by atoms with van der Waals surface area (Å²) in [4.78, 5) is 24.7. The van der Waals surface area contributed by atoms with Gasteiger partial charge in [-0.05, 0) is 38.6 Å². The lowest BCUT2D eigenvalue weighted by Crippen LogP contribution is -2.29. The van der Waals surface area contributed by atoms with Crippen LogP contribution in [-0.4, -0.2) is 23.1 Å². The van der Waals surface area contributed by atoms with Crippen LogP contribution in [0, 0.1) is 0 Å². The van der Waals surface area contributed by atoms with Gasteiger partial charge in [-0.1, -0.05) is 91.0 Å². The highest BCUT2D eigenvalue weighted by Crippen LogP contribution is 2.46. The Morgan fingerprint density at radius 1 is 0.781 bits per heavy atom. The molecule has 0 spiro atoms. The van der Waals surface area contributed by atoms with Crippen molar-refractivity contribution in [3.63, 3.8) is 0 Å². The van der Waals surface area contributed by atoms with Crippen LogP contribution in [0.4, 0.5) is 0 Å². The second-order valence-corrected chi connectivity index (χ2v) is 8.13. The van der Waals surface area contributed by atoms with Crippen molar-refractivity contribution in [1.29, 1.82) is 0 Å². The minimum absolute atomic E-state index is 0.107. The third-order valence-electron chi connectivity index (χ3n) is 6.12. The average Bonchev–Trinajstić information content (AvgIpc) is 3.12. The van der Waals surface area contributed by atoms with Crippen LogP contribution in [0.1, 0.15) is 29.0 Å². The van der Waals surface area contributed by atoms with Crippen molar-refractivity contribution < 1.29 is 19.4 Å². The van der Waals surface area contributed by atoms with Crippen molar-refractivity contribution in [3.8, 4) is 11.1 Å². The molecule has 0 saturated heterocycles. The van der Waals surface area contributed by atoms with E-state index in [1.165, 1.54) is 0 Å². The highest BCUT2D eigenvalue weighted by Gasteiger charge is 2.32. The molecular formula is C28H22O4. The van der Waals surface area contributed by atoms with Gasteiger partial charge in [-0.25, -0.2) is 4.79 Å². The topological polar surface area (TPSA) is 63.6 Å². The molecule has 32 heavy (non-hydrogen) atoms. The number of carbonyl (C=O) groups is 2. The van der Waals surface area contributed by atoms with E-state index >= 15 is 0 Å². The molecule has 0 radical (unpaired) electrons. The van der Waals surface area contributed by atoms with Crippen LogP contribution in [0.5, 0.6) is 0 Å². The second kappa shape index (κ2) is 8.31. The lowest BCUT2D eigenvalue weighted by molar-refractivity contribution is -0.164. The van der Waals surface area contributed by atoms with E-state index in [4.69, 9.17) is 4.74 Å². The van der Waals surface area contributed by atoms with Crippen LogP contribution in [0.15, 0.2) is 91.0 Å². The van der Waals surface area contributed by atoms with Crippen LogP contribution in [0.3, 0.4) is 0 Å². The van der Waals surface area contributed by atoms with E-state index in [9.17, 15) is 14.7 Å². The van der Waals surface area contributed by atoms with Crippen molar-refractivity contribution in [2.45, 2.75) is 24.9 Å². The monoisotopic (exact) mass is 422 g/mol. The molecule has 5 rings (SSSR count). The number of hydrogen-bond acceptors (Lipinski definition) is 3. The molecule has 4 heteroatoms. The number of carboxylic acids is 1. The molecule has 1 N–H and O–H groups in total. The van der Waals surface area contributed by atoms with Gasteiger partial charge in [0.15, 0.2) is 0 Å². The quantitative estimate of drug-likeness (QED) is 0.412. The first-order valence-corrected chi connectivity index (χ1v) is 10.7. The van der Waals surface area contributed by atoms with Crippen molar-refractivity contribution >= 4 is 22.7 Å². The number of carbonyl (C=O) groups excluding carboxylic acids is 1. The summed E-state index contributed by atoms with van der Waals surface area (Å²) in [5.41, 5.74) is 5.21. The molecule has 158 valence electrons. The summed E-state index contributed by atoms with van der Waals surface area (Å²) in [6.45, 7) is 0. The number of ether oxygens (including phenoxy) is 1. The largest absolute Gasteiger partial charge is 0.478 e. The number of aliphatic carboxylic acids is 1. The maximum Gasteiger partial charge on any atom is 0.345 e. The lowest BCUT2D eigenvalue weighted by atomic mass is 9.93. The van der Waals surface area contributed by atoms with Crippen LogP contribution in [-0.2, 0) is 20.7 Å². The predicted octanol–water partition coefficient (Wildman–Crippen LogP) is 5.58. The van der Waals surface area contributed by atoms with E-state index in [-0.39, 0.29) is 18.8 Å². The first kappa shape index (κ1) is 20.0. The second-order valence-electron chi connectivity index (χ2n) is 8.13. The Bertz CT molecular complexity index is 1280. The van der Waals surface area contributed by atoms with Gasteiger partial charge in [-0.2, -0.15) is 0 Å². The van der Waals surface area contributed by atoms with E-state index < -0.39 is 18.0 Å². The maximum absolute atomic E-state index is 12.9. The molecule has 0 bridgehead atoms.